The number of carbonyl (C=O) groups excluding carboxylic acids is 2. The molecular weight excluding hydrogens is 354 g/mol. The standard InChI is InChI=1S/C22H21N3O3/c1-3-25(19-7-5-4-6-8-19)21(26)20-15-18(13-14-23-20)24-17-11-9-16(10-12-17)22(27)28-2/h4-15H,3H2,1-2H3,(H,23,24). The van der Waals surface area contributed by atoms with Gasteiger partial charge in [-0.1, -0.05) is 18.2 Å². The third-order valence-electron chi connectivity index (χ3n) is 4.20. The first-order valence-electron chi connectivity index (χ1n) is 8.90. The van der Waals surface area contributed by atoms with Crippen LogP contribution in [0.5, 0.6) is 0 Å². The predicted octanol–water partition coefficient (Wildman–Crippen LogP) is 4.28. The van der Waals surface area contributed by atoms with Crippen molar-refractivity contribution in [2.45, 2.75) is 6.92 Å². The molecule has 0 fully saturated rings. The van der Waals surface area contributed by atoms with Gasteiger partial charge in [0.1, 0.15) is 5.69 Å². The van der Waals surface area contributed by atoms with Gasteiger partial charge in [0.25, 0.3) is 5.91 Å². The van der Waals surface area contributed by atoms with Gasteiger partial charge >= 0.3 is 5.97 Å². The minimum absolute atomic E-state index is 0.168. The Morgan fingerprint density at radius 1 is 1.00 bits per heavy atom. The number of esters is 1. The van der Waals surface area contributed by atoms with E-state index >= 15 is 0 Å². The van der Waals surface area contributed by atoms with Gasteiger partial charge in [-0.05, 0) is 55.5 Å². The summed E-state index contributed by atoms with van der Waals surface area (Å²) >= 11 is 0. The number of hydrogen-bond donors (Lipinski definition) is 1. The van der Waals surface area contributed by atoms with Crippen LogP contribution in [-0.4, -0.2) is 30.5 Å². The van der Waals surface area contributed by atoms with Gasteiger partial charge in [-0.2, -0.15) is 0 Å². The molecule has 0 saturated heterocycles. The first kappa shape index (κ1) is 19.1. The molecule has 0 spiro atoms. The second-order valence-electron chi connectivity index (χ2n) is 6.01. The SMILES string of the molecule is CCN(C(=O)c1cc(Nc2ccc(C(=O)OC)cc2)ccn1)c1ccccc1. The lowest BCUT2D eigenvalue weighted by atomic mass is 10.2. The fraction of sp³-hybridized carbons (Fsp3) is 0.136. The minimum Gasteiger partial charge on any atom is -0.465 e. The summed E-state index contributed by atoms with van der Waals surface area (Å²) in [5.74, 6) is -0.553. The van der Waals surface area contributed by atoms with E-state index in [4.69, 9.17) is 4.74 Å². The Hall–Kier alpha value is -3.67. The van der Waals surface area contributed by atoms with E-state index in [2.05, 4.69) is 10.3 Å². The number of methoxy groups -OCH3 is 1. The van der Waals surface area contributed by atoms with Gasteiger partial charge < -0.3 is 15.0 Å². The molecule has 6 nitrogen and oxygen atoms in total. The quantitative estimate of drug-likeness (QED) is 0.651. The van der Waals surface area contributed by atoms with Crippen molar-refractivity contribution < 1.29 is 14.3 Å². The van der Waals surface area contributed by atoms with Gasteiger partial charge in [0.05, 0.1) is 12.7 Å². The normalized spacial score (nSPS) is 10.2. The summed E-state index contributed by atoms with van der Waals surface area (Å²) in [4.78, 5) is 30.3. The Morgan fingerprint density at radius 3 is 2.36 bits per heavy atom. The third kappa shape index (κ3) is 4.35. The molecule has 0 atom stereocenters. The Bertz CT molecular complexity index is 956. The van der Waals surface area contributed by atoms with E-state index in [1.807, 2.05) is 37.3 Å². The maximum Gasteiger partial charge on any atom is 0.337 e. The Morgan fingerprint density at radius 2 is 1.71 bits per heavy atom. The lowest BCUT2D eigenvalue weighted by molar-refractivity contribution is 0.0600. The van der Waals surface area contributed by atoms with E-state index in [-0.39, 0.29) is 11.9 Å². The first-order chi connectivity index (χ1) is 13.6. The molecule has 0 radical (unpaired) electrons. The highest BCUT2D eigenvalue weighted by molar-refractivity contribution is 6.05. The van der Waals surface area contributed by atoms with Crippen LogP contribution in [0.3, 0.4) is 0 Å². The summed E-state index contributed by atoms with van der Waals surface area (Å²) in [6.45, 7) is 2.47. The predicted molar refractivity (Wildman–Crippen MR) is 109 cm³/mol. The lowest BCUT2D eigenvalue weighted by Gasteiger charge is -2.20. The molecule has 3 rings (SSSR count). The molecule has 2 aromatic carbocycles. The van der Waals surface area contributed by atoms with Gasteiger partial charge in [-0.25, -0.2) is 4.79 Å². The topological polar surface area (TPSA) is 71.5 Å². The van der Waals surface area contributed by atoms with E-state index in [9.17, 15) is 9.59 Å². The van der Waals surface area contributed by atoms with E-state index in [0.717, 1.165) is 17.1 Å². The first-order valence-corrected chi connectivity index (χ1v) is 8.90. The van der Waals surface area contributed by atoms with Crippen molar-refractivity contribution in [3.63, 3.8) is 0 Å². The molecule has 0 bridgehead atoms. The number of aromatic nitrogens is 1. The van der Waals surface area contributed by atoms with Crippen LogP contribution in [0, 0.1) is 0 Å². The number of nitrogens with one attached hydrogen (secondary N) is 1. The number of hydrogen-bond acceptors (Lipinski definition) is 5. The van der Waals surface area contributed by atoms with E-state index in [0.29, 0.717) is 17.8 Å². The molecule has 0 aliphatic heterocycles. The van der Waals surface area contributed by atoms with Crippen LogP contribution in [-0.2, 0) is 4.74 Å². The largest absolute Gasteiger partial charge is 0.465 e. The van der Waals surface area contributed by atoms with Crippen LogP contribution in [0.2, 0.25) is 0 Å². The van der Waals surface area contributed by atoms with Crippen molar-refractivity contribution in [2.75, 3.05) is 23.9 Å². The Labute approximate surface area is 163 Å². The summed E-state index contributed by atoms with van der Waals surface area (Å²) in [5, 5.41) is 3.22. The number of anilines is 3. The van der Waals surface area contributed by atoms with Crippen molar-refractivity contribution in [3.8, 4) is 0 Å². The molecule has 1 amide bonds. The fourth-order valence-corrected chi connectivity index (χ4v) is 2.79. The van der Waals surface area contributed by atoms with Crippen LogP contribution in [0.1, 0.15) is 27.8 Å². The summed E-state index contributed by atoms with van der Waals surface area (Å²) in [5.41, 5.74) is 3.16. The van der Waals surface area contributed by atoms with Gasteiger partial charge in [0.15, 0.2) is 0 Å². The van der Waals surface area contributed by atoms with E-state index < -0.39 is 0 Å². The highest BCUT2D eigenvalue weighted by Gasteiger charge is 2.17. The number of rotatable bonds is 6. The van der Waals surface area contributed by atoms with Gasteiger partial charge in [-0.3, -0.25) is 9.78 Å². The van der Waals surface area contributed by atoms with Crippen molar-refractivity contribution in [2.24, 2.45) is 0 Å². The molecule has 0 unspecified atom stereocenters. The maximum absolute atomic E-state index is 12.9. The smallest absolute Gasteiger partial charge is 0.337 e. The minimum atomic E-state index is -0.385. The third-order valence-corrected chi connectivity index (χ3v) is 4.20. The molecule has 1 N–H and O–H groups in total. The number of benzene rings is 2. The highest BCUT2D eigenvalue weighted by atomic mass is 16.5. The molecule has 0 saturated carbocycles. The molecule has 1 aromatic heterocycles. The zero-order chi connectivity index (χ0) is 19.9. The molecule has 142 valence electrons. The number of ether oxygens (including phenoxy) is 1. The fourth-order valence-electron chi connectivity index (χ4n) is 2.79. The molecule has 1 heterocycles. The summed E-state index contributed by atoms with van der Waals surface area (Å²) in [6.07, 6.45) is 1.59. The van der Waals surface area contributed by atoms with Crippen LogP contribution in [0.25, 0.3) is 0 Å². The van der Waals surface area contributed by atoms with Gasteiger partial charge in [0.2, 0.25) is 0 Å². The number of nitrogens with zero attached hydrogens (tertiary/aromatic N) is 2. The van der Waals surface area contributed by atoms with Gasteiger partial charge in [-0.15, -0.1) is 0 Å². The average molecular weight is 375 g/mol. The molecule has 0 aliphatic rings. The summed E-state index contributed by atoms with van der Waals surface area (Å²) in [7, 11) is 1.35. The molecule has 3 aromatic rings. The van der Waals surface area contributed by atoms with E-state index in [1.54, 1.807) is 47.5 Å². The molecule has 0 aliphatic carbocycles. The molecule has 6 heteroatoms. The Kier molecular flexibility index (Phi) is 6.01. The second kappa shape index (κ2) is 8.81. The highest BCUT2D eigenvalue weighted by Crippen LogP contribution is 2.20. The average Bonchev–Trinajstić information content (AvgIpc) is 2.75. The van der Waals surface area contributed by atoms with Crippen molar-refractivity contribution in [1.29, 1.82) is 0 Å². The number of para-hydroxylation sites is 1. The van der Waals surface area contributed by atoms with Crippen molar-refractivity contribution in [3.05, 3.63) is 84.2 Å². The monoisotopic (exact) mass is 375 g/mol. The maximum atomic E-state index is 12.9. The Balaban J connectivity index is 1.78. The lowest BCUT2D eigenvalue weighted by Crippen LogP contribution is -2.31. The summed E-state index contributed by atoms with van der Waals surface area (Å²) < 4.78 is 4.70. The summed E-state index contributed by atoms with van der Waals surface area (Å²) in [6, 6.07) is 19.9. The second-order valence-corrected chi connectivity index (χ2v) is 6.01. The zero-order valence-electron chi connectivity index (χ0n) is 15.8. The van der Waals surface area contributed by atoms with Crippen LogP contribution >= 0.6 is 0 Å². The van der Waals surface area contributed by atoms with Crippen LogP contribution in [0.4, 0.5) is 17.1 Å². The number of amides is 1. The van der Waals surface area contributed by atoms with Crippen molar-refractivity contribution >= 4 is 28.9 Å². The van der Waals surface area contributed by atoms with Crippen LogP contribution in [0.15, 0.2) is 72.9 Å². The zero-order valence-corrected chi connectivity index (χ0v) is 15.8. The van der Waals surface area contributed by atoms with Crippen molar-refractivity contribution in [1.82, 2.24) is 4.98 Å². The molecular formula is C22H21N3O3. The number of pyridine rings is 1. The van der Waals surface area contributed by atoms with E-state index in [1.165, 1.54) is 7.11 Å². The van der Waals surface area contributed by atoms with Crippen LogP contribution < -0.4 is 10.2 Å². The number of carbonyl (C=O) groups is 2. The van der Waals surface area contributed by atoms with Gasteiger partial charge in [0, 0.05) is 29.8 Å². The molecule has 28 heavy (non-hydrogen) atoms.